The Hall–Kier alpha value is -1.35. The summed E-state index contributed by atoms with van der Waals surface area (Å²) >= 11 is 0. The molecule has 0 spiro atoms. The van der Waals surface area contributed by atoms with Crippen molar-refractivity contribution in [2.45, 2.75) is 33.2 Å². The second kappa shape index (κ2) is 7.29. The van der Waals surface area contributed by atoms with E-state index in [-0.39, 0.29) is 0 Å². The van der Waals surface area contributed by atoms with Crippen LogP contribution in [0.2, 0.25) is 0 Å². The van der Waals surface area contributed by atoms with Gasteiger partial charge in [0.05, 0.1) is 6.61 Å². The van der Waals surface area contributed by atoms with Crippen molar-refractivity contribution in [3.05, 3.63) is 36.2 Å². The first-order valence-corrected chi connectivity index (χ1v) is 7.22. The molecule has 3 nitrogen and oxygen atoms in total. The number of aromatic nitrogens is 1. The molecule has 0 saturated heterocycles. The summed E-state index contributed by atoms with van der Waals surface area (Å²) in [4.78, 5) is 4.18. The van der Waals surface area contributed by atoms with E-state index in [2.05, 4.69) is 36.3 Å². The molecule has 3 heteroatoms. The van der Waals surface area contributed by atoms with Gasteiger partial charge in [0.15, 0.2) is 0 Å². The highest BCUT2D eigenvalue weighted by atomic mass is 16.5. The van der Waals surface area contributed by atoms with Crippen LogP contribution in [0.25, 0.3) is 0 Å². The smallest absolute Gasteiger partial charge is 0.126 e. The Kier molecular flexibility index (Phi) is 5.40. The van der Waals surface area contributed by atoms with E-state index in [0.717, 1.165) is 37.4 Å². The van der Waals surface area contributed by atoms with Crippen LogP contribution in [-0.2, 0) is 6.54 Å². The van der Waals surface area contributed by atoms with E-state index >= 15 is 0 Å². The first-order valence-electron chi connectivity index (χ1n) is 7.22. The van der Waals surface area contributed by atoms with Crippen LogP contribution in [0, 0.1) is 11.8 Å². The molecule has 0 aromatic carbocycles. The molecule has 19 heavy (non-hydrogen) atoms. The maximum atomic E-state index is 6.03. The summed E-state index contributed by atoms with van der Waals surface area (Å²) < 4.78 is 6.03. The normalized spacial score (nSPS) is 22.4. The summed E-state index contributed by atoms with van der Waals surface area (Å²) in [5.41, 5.74) is 1.14. The average Bonchev–Trinajstić information content (AvgIpc) is 2.45. The Balaban J connectivity index is 1.93. The number of pyridine rings is 1. The highest BCUT2D eigenvalue weighted by Crippen LogP contribution is 2.26. The lowest BCUT2D eigenvalue weighted by atomic mass is 9.85. The predicted octanol–water partition coefficient (Wildman–Crippen LogP) is 3.17. The molecular formula is C16H24N2O. The fourth-order valence-electron chi connectivity index (χ4n) is 2.38. The predicted molar refractivity (Wildman–Crippen MR) is 78.1 cm³/mol. The quantitative estimate of drug-likeness (QED) is 0.798. The van der Waals surface area contributed by atoms with E-state index < -0.39 is 0 Å². The number of allylic oxidation sites excluding steroid dienone is 2. The Bertz CT molecular complexity index is 417. The molecule has 0 saturated carbocycles. The summed E-state index contributed by atoms with van der Waals surface area (Å²) in [6.45, 7) is 6.99. The average molecular weight is 260 g/mol. The van der Waals surface area contributed by atoms with Gasteiger partial charge in [-0.15, -0.1) is 0 Å². The molecule has 1 N–H and O–H groups in total. The van der Waals surface area contributed by atoms with Gasteiger partial charge in [-0.25, -0.2) is 0 Å². The largest absolute Gasteiger partial charge is 0.493 e. The number of rotatable bonds is 6. The molecule has 0 bridgehead atoms. The number of hydrogen-bond acceptors (Lipinski definition) is 3. The molecule has 2 atom stereocenters. The standard InChI is InChI=1S/C16H24N2O/c1-3-17-10-15-11-18-9-8-16(15)19-12-14-7-5-4-6-13(14)2/h4-5,8-9,11,13-14,17H,3,6-7,10,12H2,1-2H3. The highest BCUT2D eigenvalue weighted by Gasteiger charge is 2.19. The maximum absolute atomic E-state index is 6.03. The third-order valence-electron chi connectivity index (χ3n) is 3.80. The first-order chi connectivity index (χ1) is 9.31. The van der Waals surface area contributed by atoms with Crippen molar-refractivity contribution in [2.75, 3.05) is 13.2 Å². The topological polar surface area (TPSA) is 34.2 Å². The van der Waals surface area contributed by atoms with E-state index in [9.17, 15) is 0 Å². The fourth-order valence-corrected chi connectivity index (χ4v) is 2.38. The van der Waals surface area contributed by atoms with Crippen molar-refractivity contribution in [1.29, 1.82) is 0 Å². The van der Waals surface area contributed by atoms with E-state index in [4.69, 9.17) is 4.74 Å². The van der Waals surface area contributed by atoms with E-state index in [1.807, 2.05) is 12.3 Å². The Morgan fingerprint density at radius 1 is 1.37 bits per heavy atom. The molecule has 0 aliphatic heterocycles. The number of nitrogens with one attached hydrogen (secondary N) is 1. The van der Waals surface area contributed by atoms with Crippen LogP contribution in [0.4, 0.5) is 0 Å². The Morgan fingerprint density at radius 2 is 2.21 bits per heavy atom. The minimum atomic E-state index is 0.630. The summed E-state index contributed by atoms with van der Waals surface area (Å²) in [6, 6.07) is 1.97. The molecule has 0 fully saturated rings. The van der Waals surface area contributed by atoms with Crippen molar-refractivity contribution >= 4 is 0 Å². The van der Waals surface area contributed by atoms with E-state index in [0.29, 0.717) is 11.8 Å². The van der Waals surface area contributed by atoms with Crippen LogP contribution < -0.4 is 10.1 Å². The van der Waals surface area contributed by atoms with Crippen LogP contribution in [0.15, 0.2) is 30.6 Å². The first kappa shape index (κ1) is 14.1. The van der Waals surface area contributed by atoms with E-state index in [1.54, 1.807) is 6.20 Å². The lowest BCUT2D eigenvalue weighted by Gasteiger charge is -2.25. The minimum Gasteiger partial charge on any atom is -0.493 e. The lowest BCUT2D eigenvalue weighted by Crippen LogP contribution is -2.22. The monoisotopic (exact) mass is 260 g/mol. The molecule has 1 heterocycles. The SMILES string of the molecule is CCNCc1cnccc1OCC1CC=CCC1C. The van der Waals surface area contributed by atoms with Crippen molar-refractivity contribution in [3.63, 3.8) is 0 Å². The zero-order chi connectivity index (χ0) is 13.5. The van der Waals surface area contributed by atoms with Gasteiger partial charge in [0.25, 0.3) is 0 Å². The van der Waals surface area contributed by atoms with Crippen LogP contribution in [-0.4, -0.2) is 18.1 Å². The molecule has 1 aliphatic rings. The Labute approximate surface area is 116 Å². The van der Waals surface area contributed by atoms with E-state index in [1.165, 1.54) is 6.42 Å². The van der Waals surface area contributed by atoms with Gasteiger partial charge in [-0.1, -0.05) is 26.0 Å². The van der Waals surface area contributed by atoms with Gasteiger partial charge in [-0.2, -0.15) is 0 Å². The third kappa shape index (κ3) is 4.06. The van der Waals surface area contributed by atoms with Gasteiger partial charge in [-0.05, 0) is 37.3 Å². The molecular weight excluding hydrogens is 236 g/mol. The Morgan fingerprint density at radius 3 is 3.00 bits per heavy atom. The van der Waals surface area contributed by atoms with Crippen molar-refractivity contribution in [2.24, 2.45) is 11.8 Å². The van der Waals surface area contributed by atoms with Gasteiger partial charge >= 0.3 is 0 Å². The van der Waals surface area contributed by atoms with Crippen LogP contribution in [0.5, 0.6) is 5.75 Å². The van der Waals surface area contributed by atoms with Gasteiger partial charge < -0.3 is 10.1 Å². The van der Waals surface area contributed by atoms with Crippen LogP contribution in [0.1, 0.15) is 32.3 Å². The molecule has 1 aliphatic carbocycles. The summed E-state index contributed by atoms with van der Waals surface area (Å²) in [5.74, 6) is 2.31. The lowest BCUT2D eigenvalue weighted by molar-refractivity contribution is 0.196. The number of hydrogen-bond donors (Lipinski definition) is 1. The summed E-state index contributed by atoms with van der Waals surface area (Å²) in [6.07, 6.45) is 10.6. The summed E-state index contributed by atoms with van der Waals surface area (Å²) in [5, 5.41) is 3.32. The minimum absolute atomic E-state index is 0.630. The zero-order valence-electron chi connectivity index (χ0n) is 11.9. The van der Waals surface area contributed by atoms with Gasteiger partial charge in [0.1, 0.15) is 5.75 Å². The van der Waals surface area contributed by atoms with Crippen molar-refractivity contribution < 1.29 is 4.74 Å². The van der Waals surface area contributed by atoms with Crippen LogP contribution in [0.3, 0.4) is 0 Å². The maximum Gasteiger partial charge on any atom is 0.126 e. The van der Waals surface area contributed by atoms with Gasteiger partial charge in [-0.3, -0.25) is 4.98 Å². The summed E-state index contributed by atoms with van der Waals surface area (Å²) in [7, 11) is 0. The van der Waals surface area contributed by atoms with Crippen molar-refractivity contribution in [3.8, 4) is 5.75 Å². The number of ether oxygens (including phenoxy) is 1. The molecule has 0 amide bonds. The molecule has 1 aromatic rings. The van der Waals surface area contributed by atoms with Gasteiger partial charge in [0, 0.05) is 24.5 Å². The molecule has 104 valence electrons. The zero-order valence-corrected chi connectivity index (χ0v) is 11.9. The molecule has 2 unspecified atom stereocenters. The fraction of sp³-hybridized carbons (Fsp3) is 0.562. The van der Waals surface area contributed by atoms with Gasteiger partial charge in [0.2, 0.25) is 0 Å². The molecule has 1 aromatic heterocycles. The second-order valence-corrected chi connectivity index (χ2v) is 5.25. The third-order valence-corrected chi connectivity index (χ3v) is 3.80. The molecule has 0 radical (unpaired) electrons. The number of nitrogens with zero attached hydrogens (tertiary/aromatic N) is 1. The second-order valence-electron chi connectivity index (χ2n) is 5.25. The molecule has 2 rings (SSSR count). The van der Waals surface area contributed by atoms with Crippen molar-refractivity contribution in [1.82, 2.24) is 10.3 Å². The highest BCUT2D eigenvalue weighted by molar-refractivity contribution is 5.29. The van der Waals surface area contributed by atoms with Crippen LogP contribution >= 0.6 is 0 Å².